The minimum atomic E-state index is -0.447. The Morgan fingerprint density at radius 2 is 2.18 bits per heavy atom. The second kappa shape index (κ2) is 4.30. The first kappa shape index (κ1) is 12.6. The number of hydrogen-bond acceptors (Lipinski definition) is 5. The van der Waals surface area contributed by atoms with Gasteiger partial charge in [0, 0.05) is 11.5 Å². The number of hydrogen-bond donors (Lipinski definition) is 2. The van der Waals surface area contributed by atoms with Gasteiger partial charge < -0.3 is 5.32 Å². The summed E-state index contributed by atoms with van der Waals surface area (Å²) >= 11 is 0. The second-order valence-corrected chi connectivity index (χ2v) is 6.62. The molecule has 5 aliphatic heterocycles. The molecule has 6 rings (SSSR count). The Bertz CT molecular complexity index is 693. The van der Waals surface area contributed by atoms with Crippen LogP contribution in [0.4, 0.5) is 5.69 Å². The molecule has 0 radical (unpaired) electrons. The molecule has 1 aromatic rings. The molecule has 114 valence electrons. The number of amidine groups is 1. The fourth-order valence-electron chi connectivity index (χ4n) is 4.17. The van der Waals surface area contributed by atoms with Crippen LogP contribution in [0.15, 0.2) is 23.2 Å². The predicted molar refractivity (Wildman–Crippen MR) is 81.4 cm³/mol. The topological polar surface area (TPSA) is 66.0 Å². The first-order valence-corrected chi connectivity index (χ1v) is 7.92. The molecule has 0 aliphatic carbocycles. The van der Waals surface area contributed by atoms with Crippen molar-refractivity contribution < 1.29 is 9.63 Å². The van der Waals surface area contributed by atoms with Gasteiger partial charge in [0.2, 0.25) is 11.6 Å². The zero-order chi connectivity index (χ0) is 14.7. The highest BCUT2D eigenvalue weighted by atomic mass is 16.7. The van der Waals surface area contributed by atoms with E-state index in [4.69, 9.17) is 9.83 Å². The van der Waals surface area contributed by atoms with Crippen LogP contribution < -0.4 is 10.8 Å². The molecule has 0 saturated carbocycles. The number of rotatable bonds is 1. The number of benzene rings is 1. The van der Waals surface area contributed by atoms with Crippen LogP contribution in [0.25, 0.3) is 0 Å². The smallest absolute Gasteiger partial charge is 0.228 e. The van der Waals surface area contributed by atoms with Gasteiger partial charge in [-0.25, -0.2) is 15.3 Å². The van der Waals surface area contributed by atoms with Crippen LogP contribution >= 0.6 is 0 Å². The SMILES string of the molecule is O=C1Cc2cccc(C3=NC4(CN5CCC4CC5)ON3)c2N1. The van der Waals surface area contributed by atoms with Crippen molar-refractivity contribution in [3.05, 3.63) is 29.3 Å². The molecular formula is C16H18N4O2. The Balaban J connectivity index is 1.54. The maximum atomic E-state index is 11.7. The monoisotopic (exact) mass is 298 g/mol. The number of fused-ring (bicyclic) bond motifs is 3. The maximum absolute atomic E-state index is 11.7. The molecule has 0 aromatic heterocycles. The summed E-state index contributed by atoms with van der Waals surface area (Å²) in [5.41, 5.74) is 5.42. The summed E-state index contributed by atoms with van der Waals surface area (Å²) in [6, 6.07) is 5.94. The van der Waals surface area contributed by atoms with Gasteiger partial charge in [0.15, 0.2) is 5.84 Å². The molecule has 2 bridgehead atoms. The number of carbonyl (C=O) groups is 1. The molecule has 1 spiro atoms. The van der Waals surface area contributed by atoms with Crippen molar-refractivity contribution in [3.63, 3.8) is 0 Å². The van der Waals surface area contributed by atoms with E-state index < -0.39 is 5.72 Å². The summed E-state index contributed by atoms with van der Waals surface area (Å²) in [6.07, 6.45) is 2.73. The number of amides is 1. The number of carbonyl (C=O) groups excluding carboxylic acids is 1. The van der Waals surface area contributed by atoms with Crippen molar-refractivity contribution >= 4 is 17.4 Å². The Hall–Kier alpha value is -1.92. The number of hydroxylamine groups is 1. The van der Waals surface area contributed by atoms with E-state index in [1.165, 1.54) is 0 Å². The third-order valence-electron chi connectivity index (χ3n) is 5.32. The van der Waals surface area contributed by atoms with Gasteiger partial charge >= 0.3 is 0 Å². The van der Waals surface area contributed by atoms with Crippen molar-refractivity contribution in [1.29, 1.82) is 0 Å². The van der Waals surface area contributed by atoms with Crippen molar-refractivity contribution in [2.45, 2.75) is 25.0 Å². The molecular weight excluding hydrogens is 280 g/mol. The fraction of sp³-hybridized carbons (Fsp3) is 0.500. The summed E-state index contributed by atoms with van der Waals surface area (Å²) in [5.74, 6) is 1.26. The molecule has 5 heterocycles. The Morgan fingerprint density at radius 3 is 2.95 bits per heavy atom. The number of aliphatic imine (C=N–C) groups is 1. The van der Waals surface area contributed by atoms with E-state index in [9.17, 15) is 4.79 Å². The molecule has 1 aromatic carbocycles. The largest absolute Gasteiger partial charge is 0.325 e. The Morgan fingerprint density at radius 1 is 1.32 bits per heavy atom. The summed E-state index contributed by atoms with van der Waals surface area (Å²) in [5, 5.41) is 2.94. The molecule has 22 heavy (non-hydrogen) atoms. The van der Waals surface area contributed by atoms with Gasteiger partial charge in [-0.2, -0.15) is 0 Å². The summed E-state index contributed by atoms with van der Waals surface area (Å²) in [4.78, 5) is 25.0. The molecule has 6 nitrogen and oxygen atoms in total. The molecule has 3 saturated heterocycles. The highest BCUT2D eigenvalue weighted by Crippen LogP contribution is 2.41. The Labute approximate surface area is 128 Å². The molecule has 5 aliphatic rings. The summed E-state index contributed by atoms with van der Waals surface area (Å²) < 4.78 is 0. The highest BCUT2D eigenvalue weighted by molar-refractivity contribution is 6.10. The predicted octanol–water partition coefficient (Wildman–Crippen LogP) is 0.884. The van der Waals surface area contributed by atoms with E-state index in [1.54, 1.807) is 0 Å². The lowest BCUT2D eigenvalue weighted by Crippen LogP contribution is -2.58. The first-order valence-electron chi connectivity index (χ1n) is 7.92. The number of anilines is 1. The van der Waals surface area contributed by atoms with Crippen LogP contribution in [0.3, 0.4) is 0 Å². The zero-order valence-corrected chi connectivity index (χ0v) is 12.3. The lowest BCUT2D eigenvalue weighted by Gasteiger charge is -2.47. The zero-order valence-electron chi connectivity index (χ0n) is 12.3. The second-order valence-electron chi connectivity index (χ2n) is 6.62. The third kappa shape index (κ3) is 1.68. The first-order chi connectivity index (χ1) is 10.7. The third-order valence-corrected chi connectivity index (χ3v) is 5.32. The van der Waals surface area contributed by atoms with Gasteiger partial charge in [-0.15, -0.1) is 0 Å². The average Bonchev–Trinajstić information content (AvgIpc) is 3.11. The quantitative estimate of drug-likeness (QED) is 0.808. The molecule has 6 heteroatoms. The van der Waals surface area contributed by atoms with Crippen molar-refractivity contribution in [2.75, 3.05) is 25.0 Å². The molecule has 1 atom stereocenters. The van der Waals surface area contributed by atoms with Crippen molar-refractivity contribution in [3.8, 4) is 0 Å². The van der Waals surface area contributed by atoms with E-state index in [0.29, 0.717) is 12.3 Å². The molecule has 1 amide bonds. The maximum Gasteiger partial charge on any atom is 0.228 e. The minimum absolute atomic E-state index is 0.0412. The van der Waals surface area contributed by atoms with Crippen LogP contribution in [0.1, 0.15) is 24.0 Å². The lowest BCUT2D eigenvalue weighted by molar-refractivity contribution is -0.155. The van der Waals surface area contributed by atoms with Gasteiger partial charge in [-0.3, -0.25) is 9.69 Å². The molecule has 1 unspecified atom stereocenters. The van der Waals surface area contributed by atoms with E-state index in [2.05, 4.69) is 15.7 Å². The van der Waals surface area contributed by atoms with Crippen LogP contribution in [0.5, 0.6) is 0 Å². The molecule has 3 fully saturated rings. The number of nitrogens with zero attached hydrogens (tertiary/aromatic N) is 2. The number of para-hydroxylation sites is 1. The van der Waals surface area contributed by atoms with Crippen LogP contribution in [0.2, 0.25) is 0 Å². The van der Waals surface area contributed by atoms with Gasteiger partial charge in [0.25, 0.3) is 0 Å². The summed E-state index contributed by atoms with van der Waals surface area (Å²) in [6.45, 7) is 3.16. The van der Waals surface area contributed by atoms with E-state index in [0.717, 1.165) is 55.1 Å². The lowest BCUT2D eigenvalue weighted by atomic mass is 9.81. The standard InChI is InChI=1S/C16H18N4O2/c21-13-8-10-2-1-3-12(14(10)17-13)15-18-16(22-19-15)9-20-6-4-11(16)5-7-20/h1-3,11H,4-9H2,(H,17,21)(H,18,19). The van der Waals surface area contributed by atoms with Gasteiger partial charge in [-0.05, 0) is 37.6 Å². The van der Waals surface area contributed by atoms with Crippen molar-refractivity contribution in [1.82, 2.24) is 10.4 Å². The Kier molecular flexibility index (Phi) is 2.46. The number of piperidine rings is 3. The minimum Gasteiger partial charge on any atom is -0.325 e. The highest BCUT2D eigenvalue weighted by Gasteiger charge is 2.51. The van der Waals surface area contributed by atoms with Gasteiger partial charge in [-0.1, -0.05) is 12.1 Å². The van der Waals surface area contributed by atoms with Gasteiger partial charge in [0.1, 0.15) is 0 Å². The molecule has 2 N–H and O–H groups in total. The number of nitrogens with one attached hydrogen (secondary N) is 2. The van der Waals surface area contributed by atoms with Gasteiger partial charge in [0.05, 0.1) is 18.7 Å². The van der Waals surface area contributed by atoms with E-state index in [1.807, 2.05) is 18.2 Å². The summed E-state index contributed by atoms with van der Waals surface area (Å²) in [7, 11) is 0. The van der Waals surface area contributed by atoms with Crippen LogP contribution in [-0.2, 0) is 16.1 Å². The van der Waals surface area contributed by atoms with Crippen LogP contribution in [-0.4, -0.2) is 42.0 Å². The van der Waals surface area contributed by atoms with Crippen LogP contribution in [0, 0.1) is 5.92 Å². The fourth-order valence-corrected chi connectivity index (χ4v) is 4.17. The van der Waals surface area contributed by atoms with Crippen molar-refractivity contribution in [2.24, 2.45) is 10.9 Å². The van der Waals surface area contributed by atoms with E-state index in [-0.39, 0.29) is 5.91 Å². The van der Waals surface area contributed by atoms with E-state index >= 15 is 0 Å². The average molecular weight is 298 g/mol. The normalized spacial score (nSPS) is 35.3.